The van der Waals surface area contributed by atoms with Crippen LogP contribution in [0, 0.1) is 0 Å². The van der Waals surface area contributed by atoms with E-state index in [2.05, 4.69) is 21.2 Å². The average Bonchev–Trinajstić information content (AvgIpc) is 2.60. The van der Waals surface area contributed by atoms with E-state index in [9.17, 15) is 9.59 Å². The molecule has 0 bridgehead atoms. The molecule has 0 spiro atoms. The molecule has 0 aliphatic rings. The van der Waals surface area contributed by atoms with Gasteiger partial charge < -0.3 is 14.8 Å². The second-order valence-corrected chi connectivity index (χ2v) is 5.97. The number of ether oxygens (including phenoxy) is 2. The minimum absolute atomic E-state index is 0.201. The van der Waals surface area contributed by atoms with Crippen molar-refractivity contribution in [3.8, 4) is 5.75 Å². The number of benzene rings is 2. The molecule has 0 aliphatic heterocycles. The largest absolute Gasteiger partial charge is 0.497 e. The molecule has 2 aromatic carbocycles. The quantitative estimate of drug-likeness (QED) is 0.765. The molecule has 0 aromatic heterocycles. The second kappa shape index (κ2) is 8.49. The molecule has 2 rings (SSSR count). The molecule has 5 nitrogen and oxygen atoms in total. The molecule has 0 fully saturated rings. The number of esters is 1. The highest BCUT2D eigenvalue weighted by atomic mass is 79.9. The van der Waals surface area contributed by atoms with Crippen molar-refractivity contribution >= 4 is 27.8 Å². The van der Waals surface area contributed by atoms with Gasteiger partial charge in [0.1, 0.15) is 5.75 Å². The zero-order valence-corrected chi connectivity index (χ0v) is 15.0. The van der Waals surface area contributed by atoms with E-state index in [1.54, 1.807) is 31.4 Å². The topological polar surface area (TPSA) is 64.6 Å². The molecule has 0 radical (unpaired) electrons. The Labute approximate surface area is 149 Å². The highest BCUT2D eigenvalue weighted by molar-refractivity contribution is 9.10. The van der Waals surface area contributed by atoms with Gasteiger partial charge in [-0.15, -0.1) is 0 Å². The molecule has 6 heteroatoms. The van der Waals surface area contributed by atoms with Crippen LogP contribution in [-0.4, -0.2) is 25.6 Å². The number of carbonyl (C=O) groups is 2. The minimum Gasteiger partial charge on any atom is -0.497 e. The number of rotatable bonds is 6. The predicted octanol–water partition coefficient (Wildman–Crippen LogP) is 3.49. The molecule has 24 heavy (non-hydrogen) atoms. The highest BCUT2D eigenvalue weighted by Gasteiger charge is 2.14. The summed E-state index contributed by atoms with van der Waals surface area (Å²) >= 11 is 3.44. The second-order valence-electron chi connectivity index (χ2n) is 5.12. The summed E-state index contributed by atoms with van der Waals surface area (Å²) in [6.07, 6.45) is 0. The molecular weight excluding hydrogens is 374 g/mol. The summed E-state index contributed by atoms with van der Waals surface area (Å²) in [6, 6.07) is 13.9. The van der Waals surface area contributed by atoms with Gasteiger partial charge in [-0.05, 0) is 42.8 Å². The summed E-state index contributed by atoms with van der Waals surface area (Å²) < 4.78 is 11.0. The van der Waals surface area contributed by atoms with Gasteiger partial charge in [0.05, 0.1) is 18.7 Å². The molecule has 0 unspecified atom stereocenters. The zero-order chi connectivity index (χ0) is 17.5. The van der Waals surface area contributed by atoms with Crippen LogP contribution in [0.3, 0.4) is 0 Å². The lowest BCUT2D eigenvalue weighted by Crippen LogP contribution is -2.31. The van der Waals surface area contributed by atoms with Gasteiger partial charge in [0.25, 0.3) is 5.91 Å². The van der Waals surface area contributed by atoms with E-state index in [0.29, 0.717) is 11.3 Å². The number of hydrogen-bond donors (Lipinski definition) is 1. The molecular formula is C18H18BrNO4. The lowest BCUT2D eigenvalue weighted by atomic mass is 10.1. The lowest BCUT2D eigenvalue weighted by molar-refractivity contribution is -0.124. The van der Waals surface area contributed by atoms with Crippen molar-refractivity contribution in [2.45, 2.75) is 13.0 Å². The first-order chi connectivity index (χ1) is 11.5. The van der Waals surface area contributed by atoms with E-state index in [0.717, 1.165) is 10.0 Å². The van der Waals surface area contributed by atoms with Crippen LogP contribution in [0.4, 0.5) is 0 Å². The van der Waals surface area contributed by atoms with Crippen molar-refractivity contribution < 1.29 is 19.1 Å². The Morgan fingerprint density at radius 1 is 1.12 bits per heavy atom. The van der Waals surface area contributed by atoms with Gasteiger partial charge in [-0.2, -0.15) is 0 Å². The standard InChI is InChI=1S/C18H18BrNO4/c1-12(15-5-3-4-6-16(15)19)20-17(21)11-24-18(22)13-7-9-14(23-2)10-8-13/h3-10,12H,11H2,1-2H3,(H,20,21)/t12-/m1/s1. The number of carbonyl (C=O) groups excluding carboxylic acids is 2. The van der Waals surface area contributed by atoms with E-state index >= 15 is 0 Å². The van der Waals surface area contributed by atoms with Crippen LogP contribution in [0.1, 0.15) is 28.9 Å². The van der Waals surface area contributed by atoms with Crippen molar-refractivity contribution in [1.29, 1.82) is 0 Å². The zero-order valence-electron chi connectivity index (χ0n) is 13.4. The van der Waals surface area contributed by atoms with Crippen LogP contribution in [-0.2, 0) is 9.53 Å². The Morgan fingerprint density at radius 2 is 1.79 bits per heavy atom. The Balaban J connectivity index is 1.86. The first kappa shape index (κ1) is 18.0. The molecule has 1 amide bonds. The molecule has 2 aromatic rings. The molecule has 0 saturated carbocycles. The van der Waals surface area contributed by atoms with Crippen molar-refractivity contribution in [3.63, 3.8) is 0 Å². The Hall–Kier alpha value is -2.34. The summed E-state index contributed by atoms with van der Waals surface area (Å²) in [4.78, 5) is 23.9. The normalized spacial score (nSPS) is 11.5. The van der Waals surface area contributed by atoms with Gasteiger partial charge in [-0.3, -0.25) is 4.79 Å². The third-order valence-corrected chi connectivity index (χ3v) is 4.13. The van der Waals surface area contributed by atoms with Crippen molar-refractivity contribution in [2.75, 3.05) is 13.7 Å². The fourth-order valence-electron chi connectivity index (χ4n) is 2.13. The maximum absolute atomic E-state index is 12.0. The third kappa shape index (κ3) is 4.83. The van der Waals surface area contributed by atoms with Crippen LogP contribution < -0.4 is 10.1 Å². The Bertz CT molecular complexity index is 715. The smallest absolute Gasteiger partial charge is 0.338 e. The summed E-state index contributed by atoms with van der Waals surface area (Å²) in [5, 5.41) is 2.80. The van der Waals surface area contributed by atoms with Gasteiger partial charge in [0, 0.05) is 4.47 Å². The van der Waals surface area contributed by atoms with Gasteiger partial charge in [-0.25, -0.2) is 4.79 Å². The van der Waals surface area contributed by atoms with E-state index in [1.165, 1.54) is 0 Å². The Morgan fingerprint density at radius 3 is 2.42 bits per heavy atom. The van der Waals surface area contributed by atoms with Crippen LogP contribution in [0.25, 0.3) is 0 Å². The third-order valence-electron chi connectivity index (χ3n) is 3.41. The maximum Gasteiger partial charge on any atom is 0.338 e. The number of hydrogen-bond acceptors (Lipinski definition) is 4. The number of nitrogens with one attached hydrogen (secondary N) is 1. The Kier molecular flexibility index (Phi) is 6.37. The van der Waals surface area contributed by atoms with E-state index in [4.69, 9.17) is 9.47 Å². The summed E-state index contributed by atoms with van der Waals surface area (Å²) in [5.41, 5.74) is 1.31. The number of amides is 1. The first-order valence-corrected chi connectivity index (χ1v) is 8.15. The van der Waals surface area contributed by atoms with Crippen LogP contribution in [0.2, 0.25) is 0 Å². The summed E-state index contributed by atoms with van der Waals surface area (Å²) in [5.74, 6) is -0.270. The highest BCUT2D eigenvalue weighted by Crippen LogP contribution is 2.22. The van der Waals surface area contributed by atoms with Crippen LogP contribution in [0.15, 0.2) is 53.0 Å². The molecule has 1 atom stereocenters. The van der Waals surface area contributed by atoms with E-state index in [-0.39, 0.29) is 18.6 Å². The van der Waals surface area contributed by atoms with E-state index < -0.39 is 5.97 Å². The monoisotopic (exact) mass is 391 g/mol. The lowest BCUT2D eigenvalue weighted by Gasteiger charge is -2.15. The minimum atomic E-state index is -0.554. The molecule has 1 N–H and O–H groups in total. The van der Waals surface area contributed by atoms with Crippen LogP contribution >= 0.6 is 15.9 Å². The molecule has 0 aliphatic carbocycles. The summed E-state index contributed by atoms with van der Waals surface area (Å²) in [6.45, 7) is 1.53. The molecule has 0 heterocycles. The predicted molar refractivity (Wildman–Crippen MR) is 94.0 cm³/mol. The maximum atomic E-state index is 12.0. The van der Waals surface area contributed by atoms with Crippen molar-refractivity contribution in [2.24, 2.45) is 0 Å². The number of methoxy groups -OCH3 is 1. The van der Waals surface area contributed by atoms with Gasteiger partial charge in [0.2, 0.25) is 0 Å². The van der Waals surface area contributed by atoms with Gasteiger partial charge >= 0.3 is 5.97 Å². The van der Waals surface area contributed by atoms with Crippen molar-refractivity contribution in [3.05, 3.63) is 64.1 Å². The van der Waals surface area contributed by atoms with Crippen LogP contribution in [0.5, 0.6) is 5.75 Å². The SMILES string of the molecule is COc1ccc(C(=O)OCC(=O)N[C@H](C)c2ccccc2Br)cc1. The van der Waals surface area contributed by atoms with Crippen molar-refractivity contribution in [1.82, 2.24) is 5.32 Å². The number of halogens is 1. The first-order valence-electron chi connectivity index (χ1n) is 7.36. The van der Waals surface area contributed by atoms with Gasteiger partial charge in [0.15, 0.2) is 6.61 Å². The molecule has 126 valence electrons. The van der Waals surface area contributed by atoms with Gasteiger partial charge in [-0.1, -0.05) is 34.1 Å². The fraction of sp³-hybridized carbons (Fsp3) is 0.222. The summed E-state index contributed by atoms with van der Waals surface area (Å²) in [7, 11) is 1.55. The van der Waals surface area contributed by atoms with E-state index in [1.807, 2.05) is 31.2 Å². The molecule has 0 saturated heterocycles. The fourth-order valence-corrected chi connectivity index (χ4v) is 2.76. The average molecular weight is 392 g/mol.